The van der Waals surface area contributed by atoms with Gasteiger partial charge in [0.15, 0.2) is 0 Å². The zero-order valence-electron chi connectivity index (χ0n) is 16.7. The predicted molar refractivity (Wildman–Crippen MR) is 112 cm³/mol. The molecule has 9 heteroatoms. The van der Waals surface area contributed by atoms with E-state index in [-0.39, 0.29) is 17.1 Å². The highest BCUT2D eigenvalue weighted by Gasteiger charge is 2.20. The Hall–Kier alpha value is -4.01. The van der Waals surface area contributed by atoms with Gasteiger partial charge < -0.3 is 10.1 Å². The number of anilines is 1. The average Bonchev–Trinajstić information content (AvgIpc) is 2.74. The van der Waals surface area contributed by atoms with Gasteiger partial charge in [0, 0.05) is 17.7 Å². The summed E-state index contributed by atoms with van der Waals surface area (Å²) in [6, 6.07) is 13.5. The van der Waals surface area contributed by atoms with Crippen LogP contribution in [0.4, 0.5) is 11.4 Å². The number of hydrogen-bond donors (Lipinski definition) is 1. The summed E-state index contributed by atoms with van der Waals surface area (Å²) in [5.41, 5.74) is 2.13. The Morgan fingerprint density at radius 1 is 1.17 bits per heavy atom. The van der Waals surface area contributed by atoms with Crippen LogP contribution in [0.25, 0.3) is 11.3 Å². The van der Waals surface area contributed by atoms with E-state index in [2.05, 4.69) is 10.4 Å². The van der Waals surface area contributed by atoms with Crippen molar-refractivity contribution >= 4 is 17.3 Å². The fraction of sp³-hybridized carbons (Fsp3) is 0.190. The van der Waals surface area contributed by atoms with Crippen molar-refractivity contribution in [1.29, 1.82) is 0 Å². The highest BCUT2D eigenvalue weighted by molar-refractivity contribution is 5.95. The number of nitrogens with zero attached hydrogens (tertiary/aromatic N) is 3. The van der Waals surface area contributed by atoms with Crippen molar-refractivity contribution in [1.82, 2.24) is 9.78 Å². The molecule has 0 saturated heterocycles. The average molecular weight is 408 g/mol. The van der Waals surface area contributed by atoms with Gasteiger partial charge in [0.2, 0.25) is 5.91 Å². The predicted octanol–water partition coefficient (Wildman–Crippen LogP) is 3.34. The highest BCUT2D eigenvalue weighted by Crippen LogP contribution is 2.29. The van der Waals surface area contributed by atoms with E-state index in [0.717, 1.165) is 15.8 Å². The van der Waals surface area contributed by atoms with Crippen molar-refractivity contribution in [3.63, 3.8) is 0 Å². The Balaban J connectivity index is 1.87. The summed E-state index contributed by atoms with van der Waals surface area (Å²) in [5.74, 6) is -0.378. The molecule has 1 heterocycles. The van der Waals surface area contributed by atoms with Crippen LogP contribution in [0.5, 0.6) is 5.75 Å². The second-order valence-electron chi connectivity index (χ2n) is 6.67. The Morgan fingerprint density at radius 3 is 2.50 bits per heavy atom. The number of aromatic nitrogens is 2. The summed E-state index contributed by atoms with van der Waals surface area (Å²) in [6.07, 6.45) is 0. The molecule has 3 aromatic rings. The van der Waals surface area contributed by atoms with Crippen LogP contribution >= 0.6 is 0 Å². The van der Waals surface area contributed by atoms with Crippen molar-refractivity contribution in [2.75, 3.05) is 12.4 Å². The topological polar surface area (TPSA) is 116 Å². The summed E-state index contributed by atoms with van der Waals surface area (Å²) in [7, 11) is 1.34. The summed E-state index contributed by atoms with van der Waals surface area (Å²) in [6.45, 7) is 3.51. The Kier molecular flexibility index (Phi) is 5.91. The summed E-state index contributed by atoms with van der Waals surface area (Å²) in [5, 5.41) is 17.9. The van der Waals surface area contributed by atoms with Gasteiger partial charge in [0.1, 0.15) is 11.8 Å². The van der Waals surface area contributed by atoms with E-state index in [1.807, 2.05) is 31.2 Å². The molecule has 0 aliphatic heterocycles. The van der Waals surface area contributed by atoms with Crippen LogP contribution in [0.1, 0.15) is 18.5 Å². The van der Waals surface area contributed by atoms with Crippen LogP contribution in [-0.2, 0) is 4.79 Å². The lowest BCUT2D eigenvalue weighted by Gasteiger charge is -2.16. The lowest BCUT2D eigenvalue weighted by Crippen LogP contribution is -2.33. The number of methoxy groups -OCH3 is 1. The molecule has 0 saturated carbocycles. The molecule has 154 valence electrons. The monoisotopic (exact) mass is 408 g/mol. The molecule has 1 amide bonds. The maximum absolute atomic E-state index is 12.7. The molecule has 3 rings (SSSR count). The SMILES string of the molecule is COc1cc([N+](=O)[O-])ccc1NC(=O)C(C)n1nc(-c2ccc(C)cc2)ccc1=O. The molecule has 0 fully saturated rings. The number of nitrogens with one attached hydrogen (secondary N) is 1. The standard InChI is InChI=1S/C21H20N4O5/c1-13-4-6-15(7-5-13)17-10-11-20(26)24(23-17)14(2)21(27)22-18-9-8-16(25(28)29)12-19(18)30-3/h4-12,14H,1-3H3,(H,22,27). The molecular formula is C21H20N4O5. The summed E-state index contributed by atoms with van der Waals surface area (Å²) >= 11 is 0. The number of carbonyl (C=O) groups is 1. The third kappa shape index (κ3) is 4.35. The van der Waals surface area contributed by atoms with Gasteiger partial charge in [-0.25, -0.2) is 4.68 Å². The first-order chi connectivity index (χ1) is 14.3. The maximum atomic E-state index is 12.7. The molecule has 1 unspecified atom stereocenters. The van der Waals surface area contributed by atoms with E-state index < -0.39 is 22.4 Å². The fourth-order valence-electron chi connectivity index (χ4n) is 2.83. The third-order valence-corrected chi connectivity index (χ3v) is 4.57. The largest absolute Gasteiger partial charge is 0.494 e. The number of benzene rings is 2. The first-order valence-corrected chi connectivity index (χ1v) is 9.10. The second kappa shape index (κ2) is 8.56. The zero-order valence-corrected chi connectivity index (χ0v) is 16.7. The van der Waals surface area contributed by atoms with Gasteiger partial charge in [-0.05, 0) is 26.0 Å². The molecule has 0 aliphatic carbocycles. The van der Waals surface area contributed by atoms with Crippen LogP contribution in [0.3, 0.4) is 0 Å². The minimum absolute atomic E-state index is 0.137. The smallest absolute Gasteiger partial charge is 0.273 e. The van der Waals surface area contributed by atoms with E-state index in [0.29, 0.717) is 5.69 Å². The van der Waals surface area contributed by atoms with E-state index in [4.69, 9.17) is 4.74 Å². The van der Waals surface area contributed by atoms with E-state index >= 15 is 0 Å². The van der Waals surface area contributed by atoms with Gasteiger partial charge in [-0.15, -0.1) is 0 Å². The van der Waals surface area contributed by atoms with Gasteiger partial charge >= 0.3 is 0 Å². The van der Waals surface area contributed by atoms with E-state index in [1.165, 1.54) is 31.4 Å². The number of non-ortho nitro benzene ring substituents is 1. The van der Waals surface area contributed by atoms with Crippen molar-refractivity contribution in [2.24, 2.45) is 0 Å². The highest BCUT2D eigenvalue weighted by atomic mass is 16.6. The van der Waals surface area contributed by atoms with Crippen LogP contribution in [0, 0.1) is 17.0 Å². The molecule has 2 aromatic carbocycles. The van der Waals surface area contributed by atoms with Crippen LogP contribution in [-0.4, -0.2) is 27.7 Å². The number of aryl methyl sites for hydroxylation is 1. The van der Waals surface area contributed by atoms with E-state index in [1.54, 1.807) is 13.0 Å². The normalized spacial score (nSPS) is 11.6. The lowest BCUT2D eigenvalue weighted by molar-refractivity contribution is -0.384. The number of nitro groups is 1. The third-order valence-electron chi connectivity index (χ3n) is 4.57. The second-order valence-corrected chi connectivity index (χ2v) is 6.67. The van der Waals surface area contributed by atoms with E-state index in [9.17, 15) is 19.7 Å². The van der Waals surface area contributed by atoms with Crippen molar-refractivity contribution in [3.05, 3.63) is 80.6 Å². The molecule has 1 aromatic heterocycles. The summed E-state index contributed by atoms with van der Waals surface area (Å²) in [4.78, 5) is 35.4. The number of hydrogen-bond acceptors (Lipinski definition) is 6. The van der Waals surface area contributed by atoms with Crippen LogP contribution < -0.4 is 15.6 Å². The van der Waals surface area contributed by atoms with Crippen LogP contribution in [0.2, 0.25) is 0 Å². The first kappa shape index (κ1) is 20.7. The molecule has 0 aliphatic rings. The molecule has 1 N–H and O–H groups in total. The van der Waals surface area contributed by atoms with Gasteiger partial charge in [-0.1, -0.05) is 29.8 Å². The Bertz CT molecular complexity index is 1150. The Labute approximate surface area is 172 Å². The minimum atomic E-state index is -0.928. The number of carbonyl (C=O) groups excluding carboxylic acids is 1. The molecule has 0 radical (unpaired) electrons. The van der Waals surface area contributed by atoms with Crippen molar-refractivity contribution in [3.8, 4) is 17.0 Å². The van der Waals surface area contributed by atoms with Crippen LogP contribution in [0.15, 0.2) is 59.4 Å². The summed E-state index contributed by atoms with van der Waals surface area (Å²) < 4.78 is 6.23. The minimum Gasteiger partial charge on any atom is -0.494 e. The first-order valence-electron chi connectivity index (χ1n) is 9.10. The molecule has 9 nitrogen and oxygen atoms in total. The number of rotatable bonds is 6. The number of ether oxygens (including phenoxy) is 1. The van der Waals surface area contributed by atoms with Gasteiger partial charge in [0.25, 0.3) is 11.2 Å². The molecule has 30 heavy (non-hydrogen) atoms. The maximum Gasteiger partial charge on any atom is 0.273 e. The van der Waals surface area contributed by atoms with Gasteiger partial charge in [-0.3, -0.25) is 19.7 Å². The van der Waals surface area contributed by atoms with Crippen molar-refractivity contribution in [2.45, 2.75) is 19.9 Å². The fourth-order valence-corrected chi connectivity index (χ4v) is 2.83. The van der Waals surface area contributed by atoms with Gasteiger partial charge in [-0.2, -0.15) is 5.10 Å². The molecule has 0 spiro atoms. The molecular weight excluding hydrogens is 388 g/mol. The number of amides is 1. The molecule has 1 atom stereocenters. The Morgan fingerprint density at radius 2 is 1.87 bits per heavy atom. The van der Waals surface area contributed by atoms with Crippen molar-refractivity contribution < 1.29 is 14.5 Å². The van der Waals surface area contributed by atoms with Gasteiger partial charge in [0.05, 0.1) is 29.5 Å². The quantitative estimate of drug-likeness (QED) is 0.494. The molecule has 0 bridgehead atoms. The zero-order chi connectivity index (χ0) is 21.8. The lowest BCUT2D eigenvalue weighted by atomic mass is 10.1. The number of nitro benzene ring substituents is 1.